The summed E-state index contributed by atoms with van der Waals surface area (Å²) in [6.07, 6.45) is 2.19. The Morgan fingerprint density at radius 1 is 1.35 bits per heavy atom. The second kappa shape index (κ2) is 6.96. The third-order valence-electron chi connectivity index (χ3n) is 2.86. The van der Waals surface area contributed by atoms with Crippen LogP contribution in [0.2, 0.25) is 0 Å². The number of hydrogen-bond donors (Lipinski definition) is 1. The zero-order chi connectivity index (χ0) is 13.6. The lowest BCUT2D eigenvalue weighted by Crippen LogP contribution is -2.48. The minimum Gasteiger partial charge on any atom is -0.339 e. The lowest BCUT2D eigenvalue weighted by molar-refractivity contribution is -0.134. The molecule has 0 fully saturated rings. The molecule has 0 saturated heterocycles. The van der Waals surface area contributed by atoms with Crippen molar-refractivity contribution in [1.29, 1.82) is 0 Å². The highest BCUT2D eigenvalue weighted by atomic mass is 32.2. The van der Waals surface area contributed by atoms with E-state index < -0.39 is 15.9 Å². The van der Waals surface area contributed by atoms with Crippen LogP contribution >= 0.6 is 0 Å². The van der Waals surface area contributed by atoms with E-state index in [1.807, 2.05) is 20.8 Å². The van der Waals surface area contributed by atoms with Gasteiger partial charge in [-0.3, -0.25) is 4.79 Å². The number of amides is 1. The highest BCUT2D eigenvalue weighted by Gasteiger charge is 2.23. The minimum atomic E-state index is -3.06. The van der Waals surface area contributed by atoms with Gasteiger partial charge >= 0.3 is 0 Å². The molecule has 0 aromatic heterocycles. The fraction of sp³-hybridized carbons (Fsp3) is 0.909. The SMILES string of the molecule is CCC(C)N(CC)C(=O)C(N)CCS(C)(=O)=O. The van der Waals surface area contributed by atoms with E-state index in [9.17, 15) is 13.2 Å². The molecule has 0 aliphatic carbocycles. The molecule has 0 radical (unpaired) electrons. The van der Waals surface area contributed by atoms with Crippen LogP contribution in [0.3, 0.4) is 0 Å². The molecule has 2 N–H and O–H groups in total. The topological polar surface area (TPSA) is 80.5 Å². The zero-order valence-electron chi connectivity index (χ0n) is 11.1. The Morgan fingerprint density at radius 2 is 1.88 bits per heavy atom. The average Bonchev–Trinajstić information content (AvgIpc) is 2.25. The van der Waals surface area contributed by atoms with E-state index >= 15 is 0 Å². The van der Waals surface area contributed by atoms with Crippen molar-refractivity contribution in [3.05, 3.63) is 0 Å². The molecule has 2 unspecified atom stereocenters. The standard InChI is InChI=1S/C11H24N2O3S/c1-5-9(3)13(6-2)11(14)10(12)7-8-17(4,15)16/h9-10H,5-8,12H2,1-4H3. The molecule has 0 aromatic rings. The molecule has 1 amide bonds. The van der Waals surface area contributed by atoms with Gasteiger partial charge in [-0.15, -0.1) is 0 Å². The van der Waals surface area contributed by atoms with Crippen LogP contribution in [-0.2, 0) is 14.6 Å². The molecule has 2 atom stereocenters. The van der Waals surface area contributed by atoms with Crippen LogP contribution in [0.1, 0.15) is 33.6 Å². The minimum absolute atomic E-state index is 0.0437. The van der Waals surface area contributed by atoms with Crippen LogP contribution < -0.4 is 5.73 Å². The third-order valence-corrected chi connectivity index (χ3v) is 3.84. The summed E-state index contributed by atoms with van der Waals surface area (Å²) in [4.78, 5) is 13.7. The van der Waals surface area contributed by atoms with Gasteiger partial charge in [0.2, 0.25) is 5.91 Å². The monoisotopic (exact) mass is 264 g/mol. The van der Waals surface area contributed by atoms with Gasteiger partial charge in [0.15, 0.2) is 0 Å². The summed E-state index contributed by atoms with van der Waals surface area (Å²) in [5.74, 6) is -0.205. The van der Waals surface area contributed by atoms with Crippen molar-refractivity contribution in [2.45, 2.75) is 45.7 Å². The number of hydrogen-bond acceptors (Lipinski definition) is 4. The molecule has 6 heteroatoms. The number of carbonyl (C=O) groups excluding carboxylic acids is 1. The molecule has 0 aliphatic rings. The van der Waals surface area contributed by atoms with E-state index in [0.717, 1.165) is 12.7 Å². The molecule has 102 valence electrons. The summed E-state index contributed by atoms with van der Waals surface area (Å²) in [5, 5.41) is 0. The first-order valence-corrected chi connectivity index (χ1v) is 8.02. The van der Waals surface area contributed by atoms with Gasteiger partial charge in [-0.1, -0.05) is 6.92 Å². The molecule has 0 spiro atoms. The predicted octanol–water partition coefficient (Wildman–Crippen LogP) is 0.395. The molecule has 0 aromatic carbocycles. The number of likely N-dealkylation sites (N-methyl/N-ethyl adjacent to an activating group) is 1. The van der Waals surface area contributed by atoms with Gasteiger partial charge in [0.25, 0.3) is 0 Å². The van der Waals surface area contributed by atoms with Gasteiger partial charge < -0.3 is 10.6 Å². The quantitative estimate of drug-likeness (QED) is 0.721. The van der Waals surface area contributed by atoms with Crippen LogP contribution in [0, 0.1) is 0 Å². The van der Waals surface area contributed by atoms with Crippen LogP contribution in [0.5, 0.6) is 0 Å². The fourth-order valence-corrected chi connectivity index (χ4v) is 2.26. The van der Waals surface area contributed by atoms with Crippen LogP contribution in [0.15, 0.2) is 0 Å². The summed E-state index contributed by atoms with van der Waals surface area (Å²) in [5.41, 5.74) is 5.74. The Kier molecular flexibility index (Phi) is 6.70. The second-order valence-corrected chi connectivity index (χ2v) is 6.67. The van der Waals surface area contributed by atoms with Crippen LogP contribution in [0.25, 0.3) is 0 Å². The fourth-order valence-electron chi connectivity index (χ4n) is 1.58. The zero-order valence-corrected chi connectivity index (χ0v) is 12.0. The first kappa shape index (κ1) is 16.4. The Bertz CT molecular complexity index is 341. The van der Waals surface area contributed by atoms with Crippen molar-refractivity contribution >= 4 is 15.7 Å². The first-order valence-electron chi connectivity index (χ1n) is 5.96. The summed E-state index contributed by atoms with van der Waals surface area (Å²) in [6.45, 7) is 6.46. The van der Waals surface area contributed by atoms with Gasteiger partial charge in [-0.05, 0) is 26.7 Å². The first-order chi connectivity index (χ1) is 7.72. The Hall–Kier alpha value is -0.620. The molecular formula is C11H24N2O3S. The molecule has 0 heterocycles. The number of rotatable bonds is 7. The predicted molar refractivity (Wildman–Crippen MR) is 69.4 cm³/mol. The van der Waals surface area contributed by atoms with Crippen molar-refractivity contribution in [3.8, 4) is 0 Å². The molecule has 0 bridgehead atoms. The van der Waals surface area contributed by atoms with Crippen molar-refractivity contribution in [3.63, 3.8) is 0 Å². The van der Waals surface area contributed by atoms with Crippen molar-refractivity contribution in [2.75, 3.05) is 18.6 Å². The molecule has 17 heavy (non-hydrogen) atoms. The van der Waals surface area contributed by atoms with E-state index in [-0.39, 0.29) is 24.1 Å². The molecule has 0 aliphatic heterocycles. The normalized spacial score (nSPS) is 15.4. The second-order valence-electron chi connectivity index (χ2n) is 4.41. The number of nitrogens with zero attached hydrogens (tertiary/aromatic N) is 1. The van der Waals surface area contributed by atoms with Gasteiger partial charge in [0.1, 0.15) is 9.84 Å². The van der Waals surface area contributed by atoms with Crippen molar-refractivity contribution in [2.24, 2.45) is 5.73 Å². The van der Waals surface area contributed by atoms with Gasteiger partial charge in [-0.25, -0.2) is 8.42 Å². The Morgan fingerprint density at radius 3 is 2.24 bits per heavy atom. The Balaban J connectivity index is 4.46. The molecular weight excluding hydrogens is 240 g/mol. The number of sulfone groups is 1. The van der Waals surface area contributed by atoms with E-state index in [1.165, 1.54) is 0 Å². The van der Waals surface area contributed by atoms with Gasteiger partial charge in [0, 0.05) is 18.8 Å². The molecule has 5 nitrogen and oxygen atoms in total. The summed E-state index contributed by atoms with van der Waals surface area (Å²) >= 11 is 0. The van der Waals surface area contributed by atoms with Gasteiger partial charge in [-0.2, -0.15) is 0 Å². The maximum atomic E-state index is 12.0. The molecule has 0 rings (SSSR count). The third kappa shape index (κ3) is 6.02. The number of nitrogens with two attached hydrogens (primary N) is 1. The average molecular weight is 264 g/mol. The van der Waals surface area contributed by atoms with Crippen LogP contribution in [0.4, 0.5) is 0 Å². The van der Waals surface area contributed by atoms with E-state index in [4.69, 9.17) is 5.73 Å². The van der Waals surface area contributed by atoms with Crippen LogP contribution in [-0.4, -0.2) is 49.9 Å². The summed E-state index contributed by atoms with van der Waals surface area (Å²) < 4.78 is 22.0. The van der Waals surface area contributed by atoms with Crippen molar-refractivity contribution < 1.29 is 13.2 Å². The highest BCUT2D eigenvalue weighted by molar-refractivity contribution is 7.90. The summed E-state index contributed by atoms with van der Waals surface area (Å²) in [7, 11) is -3.06. The maximum absolute atomic E-state index is 12.0. The number of carbonyl (C=O) groups is 1. The molecule has 0 saturated carbocycles. The lowest BCUT2D eigenvalue weighted by Gasteiger charge is -2.29. The summed E-state index contributed by atoms with van der Waals surface area (Å²) in [6, 6.07) is -0.588. The highest BCUT2D eigenvalue weighted by Crippen LogP contribution is 2.07. The van der Waals surface area contributed by atoms with Crippen molar-refractivity contribution in [1.82, 2.24) is 4.90 Å². The maximum Gasteiger partial charge on any atom is 0.239 e. The smallest absolute Gasteiger partial charge is 0.239 e. The Labute approximate surface area is 104 Å². The van der Waals surface area contributed by atoms with E-state index in [0.29, 0.717) is 6.54 Å². The van der Waals surface area contributed by atoms with Gasteiger partial charge in [0.05, 0.1) is 11.8 Å². The van der Waals surface area contributed by atoms with E-state index in [2.05, 4.69) is 0 Å². The largest absolute Gasteiger partial charge is 0.339 e. The lowest BCUT2D eigenvalue weighted by atomic mass is 10.1. The van der Waals surface area contributed by atoms with E-state index in [1.54, 1.807) is 4.90 Å².